The van der Waals surface area contributed by atoms with Crippen LogP contribution in [0.25, 0.3) is 10.9 Å². The number of rotatable bonds is 5. The molecule has 1 aliphatic rings. The molecule has 1 saturated heterocycles. The third-order valence-electron chi connectivity index (χ3n) is 5.24. The molecule has 2 amide bonds. The van der Waals surface area contributed by atoms with E-state index in [-0.39, 0.29) is 0 Å². The molecule has 0 bridgehead atoms. The Morgan fingerprint density at radius 3 is 2.71 bits per heavy atom. The molecule has 1 aliphatic heterocycles. The molecule has 7 heteroatoms. The summed E-state index contributed by atoms with van der Waals surface area (Å²) in [6.07, 6.45) is 2.76. The van der Waals surface area contributed by atoms with Crippen LogP contribution >= 0.6 is 0 Å². The highest BCUT2D eigenvalue weighted by Crippen LogP contribution is 2.24. The number of pyridine rings is 1. The van der Waals surface area contributed by atoms with E-state index in [9.17, 15) is 14.4 Å². The van der Waals surface area contributed by atoms with Gasteiger partial charge in [0.25, 0.3) is 5.91 Å². The molecule has 0 radical (unpaired) electrons. The lowest BCUT2D eigenvalue weighted by molar-refractivity contribution is -0.143. The van der Waals surface area contributed by atoms with Crippen LogP contribution in [0.3, 0.4) is 0 Å². The van der Waals surface area contributed by atoms with E-state index < -0.39 is 30.4 Å². The van der Waals surface area contributed by atoms with E-state index in [1.807, 2.05) is 38.1 Å². The number of nitrogens with two attached hydrogens (primary N) is 1. The van der Waals surface area contributed by atoms with E-state index in [0.29, 0.717) is 30.6 Å². The maximum absolute atomic E-state index is 12.8. The number of carbonyl (C=O) groups excluding carboxylic acids is 3. The van der Waals surface area contributed by atoms with Crippen molar-refractivity contribution in [2.45, 2.75) is 45.6 Å². The number of primary amides is 1. The summed E-state index contributed by atoms with van der Waals surface area (Å²) in [4.78, 5) is 42.9. The lowest BCUT2D eigenvalue weighted by atomic mass is 10.0. The van der Waals surface area contributed by atoms with Crippen molar-refractivity contribution >= 4 is 28.7 Å². The lowest BCUT2D eigenvalue weighted by Gasteiger charge is -2.33. The van der Waals surface area contributed by atoms with E-state index >= 15 is 0 Å². The van der Waals surface area contributed by atoms with Crippen LogP contribution in [-0.4, -0.2) is 46.9 Å². The van der Waals surface area contributed by atoms with Gasteiger partial charge in [-0.15, -0.1) is 0 Å². The zero-order valence-corrected chi connectivity index (χ0v) is 16.2. The first kappa shape index (κ1) is 19.8. The molecule has 2 aromatic rings. The number of ether oxygens (including phenoxy) is 1. The van der Waals surface area contributed by atoms with Gasteiger partial charge in [0, 0.05) is 11.9 Å². The van der Waals surface area contributed by atoms with E-state index in [2.05, 4.69) is 4.98 Å². The van der Waals surface area contributed by atoms with E-state index in [1.54, 1.807) is 0 Å². The lowest BCUT2D eigenvalue weighted by Crippen LogP contribution is -2.51. The van der Waals surface area contributed by atoms with E-state index in [1.165, 1.54) is 4.90 Å². The standard InChI is InChI=1S/C21H25N3O4/c1-3-15-19(13(2)14-8-4-5-9-16(14)23-15)21(27)28-12-18(25)24-11-7-6-10-17(24)20(22)26/h4-5,8-9,17H,3,6-7,10-12H2,1-2H3,(H2,22,26)/t17-/m0/s1. The maximum atomic E-state index is 12.8. The first-order valence-corrected chi connectivity index (χ1v) is 9.58. The normalized spacial score (nSPS) is 16.8. The van der Waals surface area contributed by atoms with E-state index in [0.717, 1.165) is 29.3 Å². The zero-order valence-electron chi connectivity index (χ0n) is 16.2. The average Bonchev–Trinajstić information content (AvgIpc) is 2.71. The third kappa shape index (κ3) is 3.83. The van der Waals surface area contributed by atoms with Crippen LogP contribution in [0, 0.1) is 6.92 Å². The Kier molecular flexibility index (Phi) is 5.92. The van der Waals surface area contributed by atoms with Crippen LogP contribution < -0.4 is 5.73 Å². The molecule has 1 atom stereocenters. The van der Waals surface area contributed by atoms with Crippen molar-refractivity contribution in [3.05, 3.63) is 41.1 Å². The number of fused-ring (bicyclic) bond motifs is 1. The monoisotopic (exact) mass is 383 g/mol. The maximum Gasteiger partial charge on any atom is 0.340 e. The minimum atomic E-state index is -0.629. The van der Waals surface area contributed by atoms with Crippen molar-refractivity contribution in [2.75, 3.05) is 13.2 Å². The van der Waals surface area contributed by atoms with Crippen molar-refractivity contribution < 1.29 is 19.1 Å². The van der Waals surface area contributed by atoms with Gasteiger partial charge in [-0.1, -0.05) is 25.1 Å². The van der Waals surface area contributed by atoms with Gasteiger partial charge < -0.3 is 15.4 Å². The summed E-state index contributed by atoms with van der Waals surface area (Å²) >= 11 is 0. The molecule has 0 aliphatic carbocycles. The van der Waals surface area contributed by atoms with Crippen molar-refractivity contribution in [1.82, 2.24) is 9.88 Å². The van der Waals surface area contributed by atoms with Crippen LogP contribution in [0.2, 0.25) is 0 Å². The van der Waals surface area contributed by atoms with Gasteiger partial charge in [-0.05, 0) is 44.2 Å². The Hall–Kier alpha value is -2.96. The summed E-state index contributed by atoms with van der Waals surface area (Å²) in [5, 5.41) is 0.878. The number of aromatic nitrogens is 1. The van der Waals surface area contributed by atoms with Gasteiger partial charge in [-0.25, -0.2) is 4.79 Å². The molecular weight excluding hydrogens is 358 g/mol. The number of likely N-dealkylation sites (tertiary alicyclic amines) is 1. The Morgan fingerprint density at radius 2 is 2.00 bits per heavy atom. The second kappa shape index (κ2) is 8.37. The predicted octanol–water partition coefficient (Wildman–Crippen LogP) is 2.13. The topological polar surface area (TPSA) is 103 Å². The summed E-state index contributed by atoms with van der Waals surface area (Å²) in [6.45, 7) is 3.80. The Balaban J connectivity index is 1.79. The van der Waals surface area contributed by atoms with Gasteiger partial charge in [0.05, 0.1) is 16.8 Å². The van der Waals surface area contributed by atoms with Crippen LogP contribution in [-0.2, 0) is 20.7 Å². The van der Waals surface area contributed by atoms with Crippen LogP contribution in [0.4, 0.5) is 0 Å². The van der Waals surface area contributed by atoms with Crippen LogP contribution in [0.15, 0.2) is 24.3 Å². The molecule has 2 N–H and O–H groups in total. The molecule has 0 saturated carbocycles. The molecule has 1 fully saturated rings. The Labute approximate surface area is 163 Å². The van der Waals surface area contributed by atoms with Gasteiger partial charge in [-0.3, -0.25) is 14.6 Å². The van der Waals surface area contributed by atoms with Gasteiger partial charge >= 0.3 is 5.97 Å². The fourth-order valence-electron chi connectivity index (χ4n) is 3.78. The van der Waals surface area contributed by atoms with Gasteiger partial charge in [-0.2, -0.15) is 0 Å². The number of piperidine rings is 1. The zero-order chi connectivity index (χ0) is 20.3. The molecule has 7 nitrogen and oxygen atoms in total. The number of benzene rings is 1. The largest absolute Gasteiger partial charge is 0.452 e. The molecule has 148 valence electrons. The van der Waals surface area contributed by atoms with Crippen LogP contribution in [0.1, 0.15) is 47.8 Å². The molecule has 28 heavy (non-hydrogen) atoms. The second-order valence-corrected chi connectivity index (χ2v) is 7.01. The summed E-state index contributed by atoms with van der Waals surface area (Å²) in [5.41, 5.74) is 8.05. The Morgan fingerprint density at radius 1 is 1.25 bits per heavy atom. The highest BCUT2D eigenvalue weighted by Gasteiger charge is 2.31. The summed E-state index contributed by atoms with van der Waals surface area (Å²) in [6, 6.07) is 6.97. The molecule has 3 rings (SSSR count). The molecule has 2 heterocycles. The Bertz CT molecular complexity index is 925. The average molecular weight is 383 g/mol. The molecule has 1 aromatic heterocycles. The first-order valence-electron chi connectivity index (χ1n) is 9.58. The highest BCUT2D eigenvalue weighted by molar-refractivity contribution is 5.99. The number of amides is 2. The number of esters is 1. The SMILES string of the molecule is CCc1nc2ccccc2c(C)c1C(=O)OCC(=O)N1CCCC[C@H]1C(N)=O. The van der Waals surface area contributed by atoms with E-state index in [4.69, 9.17) is 10.5 Å². The number of nitrogens with zero attached hydrogens (tertiary/aromatic N) is 2. The molecule has 1 aromatic carbocycles. The smallest absolute Gasteiger partial charge is 0.340 e. The quantitative estimate of drug-likeness (QED) is 0.797. The van der Waals surface area contributed by atoms with Crippen LogP contribution in [0.5, 0.6) is 0 Å². The number of hydrogen-bond donors (Lipinski definition) is 1. The minimum absolute atomic E-state index is 0.402. The molecule has 0 unspecified atom stereocenters. The number of hydrogen-bond acceptors (Lipinski definition) is 5. The minimum Gasteiger partial charge on any atom is -0.452 e. The highest BCUT2D eigenvalue weighted by atomic mass is 16.5. The van der Waals surface area contributed by atoms with Crippen molar-refractivity contribution in [1.29, 1.82) is 0 Å². The van der Waals surface area contributed by atoms with Gasteiger partial charge in [0.15, 0.2) is 6.61 Å². The molecule has 0 spiro atoms. The first-order chi connectivity index (χ1) is 13.4. The summed E-state index contributed by atoms with van der Waals surface area (Å²) in [7, 11) is 0. The second-order valence-electron chi connectivity index (χ2n) is 7.01. The van der Waals surface area contributed by atoms with Gasteiger partial charge in [0.2, 0.25) is 5.91 Å². The van der Waals surface area contributed by atoms with Crippen molar-refractivity contribution in [2.24, 2.45) is 5.73 Å². The number of aryl methyl sites for hydroxylation is 2. The van der Waals surface area contributed by atoms with Crippen molar-refractivity contribution in [3.8, 4) is 0 Å². The third-order valence-corrected chi connectivity index (χ3v) is 5.24. The van der Waals surface area contributed by atoms with Crippen molar-refractivity contribution in [3.63, 3.8) is 0 Å². The fourth-order valence-corrected chi connectivity index (χ4v) is 3.78. The predicted molar refractivity (Wildman–Crippen MR) is 105 cm³/mol. The van der Waals surface area contributed by atoms with Gasteiger partial charge in [0.1, 0.15) is 6.04 Å². The summed E-state index contributed by atoms with van der Waals surface area (Å²) in [5.74, 6) is -1.50. The molecular formula is C21H25N3O4. The summed E-state index contributed by atoms with van der Waals surface area (Å²) < 4.78 is 5.32. The number of para-hydroxylation sites is 1. The number of carbonyl (C=O) groups is 3. The fraction of sp³-hybridized carbons (Fsp3) is 0.429.